The van der Waals surface area contributed by atoms with Crippen LogP contribution in [-0.4, -0.2) is 46.8 Å². The van der Waals surface area contributed by atoms with E-state index in [0.717, 1.165) is 32.6 Å². The SMILES string of the molecule is CCC(C(=O)N1CCNCC1)n1cc(Cl)cn1. The second-order valence-corrected chi connectivity index (χ2v) is 4.57. The summed E-state index contributed by atoms with van der Waals surface area (Å²) in [6.07, 6.45) is 3.99. The number of amides is 1. The van der Waals surface area contributed by atoms with E-state index in [1.165, 1.54) is 0 Å². The fourth-order valence-electron chi connectivity index (χ4n) is 2.06. The summed E-state index contributed by atoms with van der Waals surface area (Å²) in [6.45, 7) is 5.25. The lowest BCUT2D eigenvalue weighted by atomic mass is 10.2. The molecule has 1 aromatic rings. The van der Waals surface area contributed by atoms with E-state index in [-0.39, 0.29) is 11.9 Å². The Labute approximate surface area is 106 Å². The molecule has 1 aromatic heterocycles. The zero-order valence-electron chi connectivity index (χ0n) is 9.90. The van der Waals surface area contributed by atoms with Gasteiger partial charge in [-0.05, 0) is 6.42 Å². The van der Waals surface area contributed by atoms with Crippen molar-refractivity contribution in [2.75, 3.05) is 26.2 Å². The Kier molecular flexibility index (Phi) is 4.02. The summed E-state index contributed by atoms with van der Waals surface area (Å²) in [5, 5.41) is 7.92. The van der Waals surface area contributed by atoms with Crippen molar-refractivity contribution in [1.82, 2.24) is 20.0 Å². The Bertz CT molecular complexity index is 387. The first kappa shape index (κ1) is 12.4. The first-order valence-corrected chi connectivity index (χ1v) is 6.29. The minimum absolute atomic E-state index is 0.133. The van der Waals surface area contributed by atoms with Gasteiger partial charge in [0, 0.05) is 32.4 Å². The summed E-state index contributed by atoms with van der Waals surface area (Å²) >= 11 is 5.83. The molecule has 0 radical (unpaired) electrons. The first-order chi connectivity index (χ1) is 8.22. The summed E-state index contributed by atoms with van der Waals surface area (Å²) in [7, 11) is 0. The van der Waals surface area contributed by atoms with Crippen molar-refractivity contribution >= 4 is 17.5 Å². The lowest BCUT2D eigenvalue weighted by molar-refractivity contribution is -0.135. The zero-order valence-corrected chi connectivity index (χ0v) is 10.7. The number of halogens is 1. The van der Waals surface area contributed by atoms with E-state index < -0.39 is 0 Å². The molecule has 1 aliphatic heterocycles. The largest absolute Gasteiger partial charge is 0.338 e. The fraction of sp³-hybridized carbons (Fsp3) is 0.636. The van der Waals surface area contributed by atoms with Crippen LogP contribution in [0.5, 0.6) is 0 Å². The highest BCUT2D eigenvalue weighted by Crippen LogP contribution is 2.17. The molecule has 0 spiro atoms. The molecule has 1 unspecified atom stereocenters. The highest BCUT2D eigenvalue weighted by Gasteiger charge is 2.25. The summed E-state index contributed by atoms with van der Waals surface area (Å²) in [4.78, 5) is 14.2. The van der Waals surface area contributed by atoms with E-state index in [1.54, 1.807) is 17.1 Å². The van der Waals surface area contributed by atoms with E-state index in [2.05, 4.69) is 10.4 Å². The van der Waals surface area contributed by atoms with Gasteiger partial charge in [-0.15, -0.1) is 0 Å². The van der Waals surface area contributed by atoms with E-state index in [4.69, 9.17) is 11.6 Å². The minimum atomic E-state index is -0.236. The van der Waals surface area contributed by atoms with Gasteiger partial charge < -0.3 is 10.2 Å². The van der Waals surface area contributed by atoms with Crippen molar-refractivity contribution in [3.8, 4) is 0 Å². The normalized spacial score (nSPS) is 18.1. The number of rotatable bonds is 3. The van der Waals surface area contributed by atoms with Crippen LogP contribution in [0.2, 0.25) is 5.02 Å². The third-order valence-electron chi connectivity index (χ3n) is 2.99. The van der Waals surface area contributed by atoms with Crippen LogP contribution in [0.15, 0.2) is 12.4 Å². The topological polar surface area (TPSA) is 50.2 Å². The molecule has 1 aliphatic rings. The van der Waals surface area contributed by atoms with E-state index in [1.807, 2.05) is 11.8 Å². The van der Waals surface area contributed by atoms with Gasteiger partial charge in [0.05, 0.1) is 11.2 Å². The van der Waals surface area contributed by atoms with Gasteiger partial charge in [0.25, 0.3) is 0 Å². The third-order valence-corrected chi connectivity index (χ3v) is 3.18. The van der Waals surface area contributed by atoms with E-state index >= 15 is 0 Å². The summed E-state index contributed by atoms with van der Waals surface area (Å²) in [6, 6.07) is -0.236. The number of nitrogens with zero attached hydrogens (tertiary/aromatic N) is 3. The number of carbonyl (C=O) groups is 1. The lowest BCUT2D eigenvalue weighted by Gasteiger charge is -2.30. The van der Waals surface area contributed by atoms with Crippen LogP contribution in [-0.2, 0) is 4.79 Å². The second-order valence-electron chi connectivity index (χ2n) is 4.14. The standard InChI is InChI=1S/C11H17ClN4O/c1-2-10(16-8-9(12)7-14-16)11(17)15-5-3-13-4-6-15/h7-8,10,13H,2-6H2,1H3. The van der Waals surface area contributed by atoms with Gasteiger partial charge in [-0.1, -0.05) is 18.5 Å². The predicted octanol–water partition coefficient (Wildman–Crippen LogP) is 0.919. The molecule has 6 heteroatoms. The van der Waals surface area contributed by atoms with Crippen molar-refractivity contribution in [2.45, 2.75) is 19.4 Å². The van der Waals surface area contributed by atoms with Gasteiger partial charge in [0.1, 0.15) is 6.04 Å². The maximum Gasteiger partial charge on any atom is 0.247 e. The van der Waals surface area contributed by atoms with Crippen molar-refractivity contribution in [3.63, 3.8) is 0 Å². The Hall–Kier alpha value is -1.07. The number of piperazine rings is 1. The smallest absolute Gasteiger partial charge is 0.247 e. The van der Waals surface area contributed by atoms with Gasteiger partial charge in [-0.25, -0.2) is 0 Å². The molecule has 0 aliphatic carbocycles. The molecule has 94 valence electrons. The molecular weight excluding hydrogens is 240 g/mol. The van der Waals surface area contributed by atoms with Crippen LogP contribution in [0.1, 0.15) is 19.4 Å². The molecule has 1 fully saturated rings. The Balaban J connectivity index is 2.09. The first-order valence-electron chi connectivity index (χ1n) is 5.91. The molecule has 17 heavy (non-hydrogen) atoms. The minimum Gasteiger partial charge on any atom is -0.338 e. The van der Waals surface area contributed by atoms with Crippen LogP contribution in [0.4, 0.5) is 0 Å². The van der Waals surface area contributed by atoms with Gasteiger partial charge in [-0.3, -0.25) is 9.48 Å². The zero-order chi connectivity index (χ0) is 12.3. The average Bonchev–Trinajstić information content (AvgIpc) is 2.78. The van der Waals surface area contributed by atoms with Crippen LogP contribution in [0, 0.1) is 0 Å². The van der Waals surface area contributed by atoms with Crippen molar-refractivity contribution in [2.24, 2.45) is 0 Å². The third kappa shape index (κ3) is 2.79. The van der Waals surface area contributed by atoms with Crippen molar-refractivity contribution in [3.05, 3.63) is 17.4 Å². The molecule has 1 saturated heterocycles. The summed E-state index contributed by atoms with van der Waals surface area (Å²) < 4.78 is 1.66. The molecule has 0 bridgehead atoms. The molecule has 1 atom stereocenters. The molecule has 1 N–H and O–H groups in total. The molecule has 2 heterocycles. The van der Waals surface area contributed by atoms with Gasteiger partial charge in [-0.2, -0.15) is 5.10 Å². The van der Waals surface area contributed by atoms with Gasteiger partial charge >= 0.3 is 0 Å². The van der Waals surface area contributed by atoms with Crippen molar-refractivity contribution < 1.29 is 4.79 Å². The van der Waals surface area contributed by atoms with Gasteiger partial charge in [0.2, 0.25) is 5.91 Å². The van der Waals surface area contributed by atoms with Gasteiger partial charge in [0.15, 0.2) is 0 Å². The Morgan fingerprint density at radius 1 is 1.59 bits per heavy atom. The molecule has 5 nitrogen and oxygen atoms in total. The van der Waals surface area contributed by atoms with E-state index in [9.17, 15) is 4.79 Å². The second kappa shape index (κ2) is 5.51. The Morgan fingerprint density at radius 2 is 2.29 bits per heavy atom. The van der Waals surface area contributed by atoms with Crippen LogP contribution in [0.3, 0.4) is 0 Å². The fourth-order valence-corrected chi connectivity index (χ4v) is 2.20. The van der Waals surface area contributed by atoms with Crippen LogP contribution in [0.25, 0.3) is 0 Å². The van der Waals surface area contributed by atoms with Crippen LogP contribution < -0.4 is 5.32 Å². The Morgan fingerprint density at radius 3 is 2.82 bits per heavy atom. The number of hydrogen-bond acceptors (Lipinski definition) is 3. The molecular formula is C11H17ClN4O. The monoisotopic (exact) mass is 256 g/mol. The van der Waals surface area contributed by atoms with Crippen molar-refractivity contribution in [1.29, 1.82) is 0 Å². The number of carbonyl (C=O) groups excluding carboxylic acids is 1. The average molecular weight is 257 g/mol. The number of hydrogen-bond donors (Lipinski definition) is 1. The maximum atomic E-state index is 12.3. The highest BCUT2D eigenvalue weighted by atomic mass is 35.5. The van der Waals surface area contributed by atoms with E-state index in [0.29, 0.717) is 5.02 Å². The summed E-state index contributed by atoms with van der Waals surface area (Å²) in [5.74, 6) is 0.133. The molecule has 0 saturated carbocycles. The van der Waals surface area contributed by atoms with Crippen LogP contribution >= 0.6 is 11.6 Å². The quantitative estimate of drug-likeness (QED) is 0.875. The maximum absolute atomic E-state index is 12.3. The molecule has 0 aromatic carbocycles. The molecule has 2 rings (SSSR count). The number of nitrogens with one attached hydrogen (secondary N) is 1. The summed E-state index contributed by atoms with van der Waals surface area (Å²) in [5.41, 5.74) is 0. The molecule has 1 amide bonds. The predicted molar refractivity (Wildman–Crippen MR) is 66.0 cm³/mol. The lowest BCUT2D eigenvalue weighted by Crippen LogP contribution is -2.48. The highest BCUT2D eigenvalue weighted by molar-refractivity contribution is 6.30. The number of aromatic nitrogens is 2.